The molecule has 2 saturated heterocycles. The van der Waals surface area contributed by atoms with E-state index in [9.17, 15) is 19.5 Å². The number of halogens is 1. The summed E-state index contributed by atoms with van der Waals surface area (Å²) < 4.78 is -1.55. The average molecular weight is 502 g/mol. The molecule has 1 spiro atoms. The summed E-state index contributed by atoms with van der Waals surface area (Å²) in [6, 6.07) is 5.62. The van der Waals surface area contributed by atoms with E-state index in [2.05, 4.69) is 0 Å². The van der Waals surface area contributed by atoms with E-state index in [4.69, 9.17) is 11.6 Å². The number of carbonyl (C=O) groups excluding carboxylic acids is 3. The van der Waals surface area contributed by atoms with Gasteiger partial charge in [0.25, 0.3) is 5.91 Å². The van der Waals surface area contributed by atoms with Crippen LogP contribution >= 0.6 is 23.4 Å². The van der Waals surface area contributed by atoms with Gasteiger partial charge in [-0.05, 0) is 38.1 Å². The third-order valence-corrected chi connectivity index (χ3v) is 9.62. The van der Waals surface area contributed by atoms with E-state index in [1.807, 2.05) is 31.2 Å². The number of hydrogen-bond donors (Lipinski definition) is 1. The highest BCUT2D eigenvalue weighted by Crippen LogP contribution is 2.65. The number of amides is 3. The maximum absolute atomic E-state index is 14.2. The summed E-state index contributed by atoms with van der Waals surface area (Å²) in [7, 11) is 1.75. The lowest BCUT2D eigenvalue weighted by atomic mass is 9.74. The number of carbonyl (C=O) groups is 3. The molecule has 6 atom stereocenters. The topological polar surface area (TPSA) is 81.2 Å². The molecule has 1 aromatic carbocycles. The van der Waals surface area contributed by atoms with Gasteiger partial charge in [0.2, 0.25) is 11.8 Å². The molecule has 4 aliphatic rings. The van der Waals surface area contributed by atoms with Gasteiger partial charge in [0.05, 0.1) is 29.2 Å². The number of anilines is 1. The predicted octanol–water partition coefficient (Wildman–Crippen LogP) is 2.34. The molecule has 3 amide bonds. The monoisotopic (exact) mass is 501 g/mol. The Morgan fingerprint density at radius 2 is 1.74 bits per heavy atom. The molecule has 4 heterocycles. The zero-order chi connectivity index (χ0) is 24.4. The Kier molecular flexibility index (Phi) is 5.61. The van der Waals surface area contributed by atoms with Crippen molar-refractivity contribution in [1.82, 2.24) is 9.80 Å². The van der Waals surface area contributed by atoms with Crippen LogP contribution in [-0.2, 0) is 14.4 Å². The third-order valence-electron chi connectivity index (χ3n) is 7.57. The number of benzene rings is 1. The first-order chi connectivity index (χ1) is 16.1. The number of aliphatic hydroxyl groups is 1. The molecule has 7 nitrogen and oxygen atoms in total. The number of thioether (sulfide) groups is 1. The highest BCUT2D eigenvalue weighted by atomic mass is 35.5. The summed E-state index contributed by atoms with van der Waals surface area (Å²) in [5.41, 5.74) is 0.683. The molecule has 1 N–H and O–H groups in total. The molecule has 5 rings (SSSR count). The second-order valence-corrected chi connectivity index (χ2v) is 12.0. The summed E-state index contributed by atoms with van der Waals surface area (Å²) in [5.74, 6) is -1.87. The first-order valence-electron chi connectivity index (χ1n) is 11.4. The SMILES string of the molecule is C[C@H](CO)N1C(=O)[C@@H]2[C@@H]3C(=O)N(C)CC=C[C@]3(C)S[C@@]23C=CCN(c2ccc(Cl)cc2)C(=O)C13. The van der Waals surface area contributed by atoms with Crippen molar-refractivity contribution in [1.29, 1.82) is 0 Å². The fraction of sp³-hybridized carbons (Fsp3) is 0.480. The van der Waals surface area contributed by atoms with Crippen molar-refractivity contribution in [2.24, 2.45) is 11.8 Å². The van der Waals surface area contributed by atoms with Gasteiger partial charge in [0.15, 0.2) is 0 Å². The molecular weight excluding hydrogens is 474 g/mol. The van der Waals surface area contributed by atoms with Crippen molar-refractivity contribution < 1.29 is 19.5 Å². The highest BCUT2D eigenvalue weighted by molar-refractivity contribution is 8.02. The number of aliphatic hydroxyl groups excluding tert-OH is 1. The summed E-state index contributed by atoms with van der Waals surface area (Å²) in [6.45, 7) is 4.29. The van der Waals surface area contributed by atoms with Gasteiger partial charge in [-0.3, -0.25) is 14.4 Å². The lowest BCUT2D eigenvalue weighted by molar-refractivity contribution is -0.144. The second kappa shape index (κ2) is 8.14. The van der Waals surface area contributed by atoms with Crippen LogP contribution in [0.1, 0.15) is 13.8 Å². The van der Waals surface area contributed by atoms with Crippen LogP contribution in [0.4, 0.5) is 5.69 Å². The van der Waals surface area contributed by atoms with Crippen LogP contribution in [0, 0.1) is 11.8 Å². The van der Waals surface area contributed by atoms with E-state index in [-0.39, 0.29) is 24.3 Å². The van der Waals surface area contributed by atoms with Crippen molar-refractivity contribution >= 4 is 46.8 Å². The molecule has 34 heavy (non-hydrogen) atoms. The van der Waals surface area contributed by atoms with Crippen LogP contribution in [0.3, 0.4) is 0 Å². The summed E-state index contributed by atoms with van der Waals surface area (Å²) in [4.78, 5) is 46.6. The highest BCUT2D eigenvalue weighted by Gasteiger charge is 2.74. The fourth-order valence-corrected chi connectivity index (χ4v) is 8.27. The Morgan fingerprint density at radius 1 is 1.06 bits per heavy atom. The van der Waals surface area contributed by atoms with Gasteiger partial charge in [0, 0.05) is 35.6 Å². The second-order valence-electron chi connectivity index (χ2n) is 9.72. The summed E-state index contributed by atoms with van der Waals surface area (Å²) in [6.07, 6.45) is 7.91. The molecule has 1 unspecified atom stereocenters. The van der Waals surface area contributed by atoms with Crippen LogP contribution in [0.5, 0.6) is 0 Å². The molecule has 9 heteroatoms. The molecule has 180 valence electrons. The smallest absolute Gasteiger partial charge is 0.251 e. The minimum Gasteiger partial charge on any atom is -0.394 e. The van der Waals surface area contributed by atoms with Crippen molar-refractivity contribution in [2.45, 2.75) is 35.4 Å². The lowest BCUT2D eigenvalue weighted by Crippen LogP contribution is -2.56. The van der Waals surface area contributed by atoms with Crippen molar-refractivity contribution in [3.05, 3.63) is 53.6 Å². The minimum absolute atomic E-state index is 0.0906. The van der Waals surface area contributed by atoms with Gasteiger partial charge in [-0.15, -0.1) is 11.8 Å². The van der Waals surface area contributed by atoms with Crippen molar-refractivity contribution in [3.63, 3.8) is 0 Å². The van der Waals surface area contributed by atoms with Gasteiger partial charge < -0.3 is 19.8 Å². The zero-order valence-electron chi connectivity index (χ0n) is 19.3. The lowest BCUT2D eigenvalue weighted by Gasteiger charge is -2.38. The number of fused-ring (bicyclic) bond motifs is 2. The standard InChI is InChI=1S/C25H28ClN3O4S/c1-15(14-30)29-20-23(33)28(17-8-6-16(26)7-9-17)13-5-11-25(20)19(22(29)32)18-21(31)27(3)12-4-10-24(18,2)34-25/h4-11,15,18-20,30H,12-14H2,1-3H3/t15-,18-,19+,20?,24+,25+/m1/s1. The zero-order valence-corrected chi connectivity index (χ0v) is 20.9. The molecular formula is C25H28ClN3O4S. The van der Waals surface area contributed by atoms with Gasteiger partial charge in [-0.1, -0.05) is 35.9 Å². The number of nitrogens with zero attached hydrogens (tertiary/aromatic N) is 3. The predicted molar refractivity (Wildman–Crippen MR) is 133 cm³/mol. The van der Waals surface area contributed by atoms with E-state index in [1.165, 1.54) is 16.7 Å². The van der Waals surface area contributed by atoms with Crippen LogP contribution in [0.25, 0.3) is 0 Å². The first kappa shape index (κ1) is 23.5. The Balaban J connectivity index is 1.67. The van der Waals surface area contributed by atoms with E-state index in [1.54, 1.807) is 48.0 Å². The maximum Gasteiger partial charge on any atom is 0.251 e. The summed E-state index contributed by atoms with van der Waals surface area (Å²) in [5, 5.41) is 10.6. The Morgan fingerprint density at radius 3 is 2.41 bits per heavy atom. The molecule has 0 aliphatic carbocycles. The number of hydrogen-bond acceptors (Lipinski definition) is 5. The number of likely N-dealkylation sites (tertiary alicyclic amines) is 1. The third kappa shape index (κ3) is 3.18. The Hall–Kier alpha value is -2.29. The normalized spacial score (nSPS) is 35.7. The van der Waals surface area contributed by atoms with E-state index in [0.717, 1.165) is 0 Å². The molecule has 0 bridgehead atoms. The Bertz CT molecular complexity index is 1110. The quantitative estimate of drug-likeness (QED) is 0.643. The molecule has 0 radical (unpaired) electrons. The van der Waals surface area contributed by atoms with Crippen LogP contribution in [-0.4, -0.2) is 80.9 Å². The fourth-order valence-electron chi connectivity index (χ4n) is 6.00. The van der Waals surface area contributed by atoms with Gasteiger partial charge in [-0.25, -0.2) is 0 Å². The molecule has 2 fully saturated rings. The van der Waals surface area contributed by atoms with E-state index in [0.29, 0.717) is 23.8 Å². The number of likely N-dealkylation sites (N-methyl/N-ethyl adjacent to an activating group) is 1. The summed E-state index contributed by atoms with van der Waals surface area (Å²) >= 11 is 7.60. The molecule has 1 aromatic rings. The van der Waals surface area contributed by atoms with Gasteiger partial charge >= 0.3 is 0 Å². The molecule has 0 saturated carbocycles. The average Bonchev–Trinajstić information content (AvgIpc) is 3.09. The number of rotatable bonds is 3. The van der Waals surface area contributed by atoms with Gasteiger partial charge in [0.1, 0.15) is 6.04 Å². The van der Waals surface area contributed by atoms with Crippen molar-refractivity contribution in [2.75, 3.05) is 31.6 Å². The van der Waals surface area contributed by atoms with E-state index >= 15 is 0 Å². The molecule has 4 aliphatic heterocycles. The van der Waals surface area contributed by atoms with Crippen molar-refractivity contribution in [3.8, 4) is 0 Å². The minimum atomic E-state index is -0.920. The molecule has 0 aromatic heterocycles. The van der Waals surface area contributed by atoms with Crippen LogP contribution in [0.2, 0.25) is 5.02 Å². The largest absolute Gasteiger partial charge is 0.394 e. The first-order valence-corrected chi connectivity index (χ1v) is 12.6. The van der Waals surface area contributed by atoms with Crippen LogP contribution < -0.4 is 4.90 Å². The van der Waals surface area contributed by atoms with E-state index < -0.39 is 33.4 Å². The van der Waals surface area contributed by atoms with Crippen LogP contribution in [0.15, 0.2) is 48.6 Å². The Labute approximate surface area is 208 Å². The van der Waals surface area contributed by atoms with Gasteiger partial charge in [-0.2, -0.15) is 0 Å². The maximum atomic E-state index is 14.2.